The van der Waals surface area contributed by atoms with Crippen molar-refractivity contribution in [3.8, 4) is 17.6 Å². The molecule has 2 heterocycles. The van der Waals surface area contributed by atoms with Crippen LogP contribution in [0.4, 0.5) is 0 Å². The molecule has 4 nitrogen and oxygen atoms in total. The van der Waals surface area contributed by atoms with Crippen LogP contribution < -0.4 is 9.47 Å². The number of nitrogens with zero attached hydrogens (tertiary/aromatic N) is 2. The van der Waals surface area contributed by atoms with Gasteiger partial charge in [0.15, 0.2) is 11.5 Å². The molecule has 1 aliphatic heterocycles. The van der Waals surface area contributed by atoms with E-state index in [1.807, 2.05) is 36.4 Å². The number of hydrogen-bond donors (Lipinski definition) is 0. The van der Waals surface area contributed by atoms with Gasteiger partial charge in [-0.3, -0.25) is 0 Å². The molecule has 4 aromatic rings. The molecular weight excluding hydrogens is 372 g/mol. The summed E-state index contributed by atoms with van der Waals surface area (Å²) in [6.45, 7) is 3.09. The third kappa shape index (κ3) is 3.31. The summed E-state index contributed by atoms with van der Waals surface area (Å²) in [7, 11) is 0. The van der Waals surface area contributed by atoms with Crippen LogP contribution in [0.1, 0.15) is 22.3 Å². The number of aromatic nitrogens is 1. The summed E-state index contributed by atoms with van der Waals surface area (Å²) in [5.74, 6) is 1.39. The molecule has 0 spiro atoms. The minimum absolute atomic E-state index is 0.219. The number of para-hydroxylation sites is 1. The number of ether oxygens (including phenoxy) is 2. The van der Waals surface area contributed by atoms with Crippen molar-refractivity contribution < 1.29 is 9.47 Å². The Labute approximate surface area is 175 Å². The molecule has 1 aliphatic rings. The number of aryl methyl sites for hydroxylation is 1. The van der Waals surface area contributed by atoms with Gasteiger partial charge in [-0.05, 0) is 48.4 Å². The molecule has 0 bridgehead atoms. The zero-order valence-electron chi connectivity index (χ0n) is 16.6. The quantitative estimate of drug-likeness (QED) is 0.413. The van der Waals surface area contributed by atoms with E-state index in [1.165, 1.54) is 11.1 Å². The van der Waals surface area contributed by atoms with Gasteiger partial charge in [0.2, 0.25) is 6.79 Å². The fourth-order valence-corrected chi connectivity index (χ4v) is 3.81. The van der Waals surface area contributed by atoms with Crippen LogP contribution in [0.25, 0.3) is 22.6 Å². The molecule has 1 aromatic heterocycles. The highest BCUT2D eigenvalue weighted by Gasteiger charge is 2.15. The molecule has 0 unspecified atom stereocenters. The minimum atomic E-state index is 0.219. The maximum atomic E-state index is 9.83. The van der Waals surface area contributed by atoms with Gasteiger partial charge in [-0.25, -0.2) is 0 Å². The predicted molar refractivity (Wildman–Crippen MR) is 118 cm³/mol. The molecule has 146 valence electrons. The van der Waals surface area contributed by atoms with Gasteiger partial charge in [-0.15, -0.1) is 0 Å². The molecule has 0 saturated heterocycles. The fraction of sp³-hybridized carbons (Fsp3) is 0.115. The highest BCUT2D eigenvalue weighted by molar-refractivity contribution is 5.98. The summed E-state index contributed by atoms with van der Waals surface area (Å²) in [5.41, 5.74) is 6.07. The maximum absolute atomic E-state index is 9.83. The normalized spacial score (nSPS) is 12.9. The Hall–Kier alpha value is -3.97. The molecule has 5 rings (SSSR count). The molecule has 0 aliphatic carbocycles. The molecule has 0 amide bonds. The topological polar surface area (TPSA) is 47.2 Å². The summed E-state index contributed by atoms with van der Waals surface area (Å²) in [6, 6.07) is 24.8. The van der Waals surface area contributed by atoms with Crippen molar-refractivity contribution in [1.29, 1.82) is 5.26 Å². The van der Waals surface area contributed by atoms with Crippen molar-refractivity contribution in [2.75, 3.05) is 6.79 Å². The first-order chi connectivity index (χ1) is 14.7. The second kappa shape index (κ2) is 7.46. The summed E-state index contributed by atoms with van der Waals surface area (Å²) >= 11 is 0. The van der Waals surface area contributed by atoms with E-state index in [9.17, 15) is 5.26 Å². The van der Waals surface area contributed by atoms with E-state index in [0.29, 0.717) is 17.1 Å². The zero-order valence-corrected chi connectivity index (χ0v) is 16.6. The number of hydrogen-bond acceptors (Lipinski definition) is 3. The van der Waals surface area contributed by atoms with Crippen molar-refractivity contribution in [2.45, 2.75) is 13.5 Å². The fourth-order valence-electron chi connectivity index (χ4n) is 3.81. The Kier molecular flexibility index (Phi) is 4.49. The molecule has 0 atom stereocenters. The highest BCUT2D eigenvalue weighted by atomic mass is 16.7. The van der Waals surface area contributed by atoms with Crippen LogP contribution in [-0.2, 0) is 6.54 Å². The third-order valence-electron chi connectivity index (χ3n) is 5.40. The lowest BCUT2D eigenvalue weighted by Gasteiger charge is -2.06. The molecule has 30 heavy (non-hydrogen) atoms. The van der Waals surface area contributed by atoms with E-state index in [1.54, 1.807) is 0 Å². The summed E-state index contributed by atoms with van der Waals surface area (Å²) < 4.78 is 13.1. The first-order valence-corrected chi connectivity index (χ1v) is 9.86. The minimum Gasteiger partial charge on any atom is -0.454 e. The molecule has 3 aromatic carbocycles. The SMILES string of the molecule is Cc1ccc(Cn2cc(/C=C(/C#N)c3ccc4c(c3)OCO4)c3ccccc32)cc1. The van der Waals surface area contributed by atoms with Crippen LogP contribution in [0.3, 0.4) is 0 Å². The van der Waals surface area contributed by atoms with Crippen LogP contribution in [0.5, 0.6) is 11.5 Å². The highest BCUT2D eigenvalue weighted by Crippen LogP contribution is 2.35. The van der Waals surface area contributed by atoms with E-state index < -0.39 is 0 Å². The van der Waals surface area contributed by atoms with Crippen molar-refractivity contribution >= 4 is 22.6 Å². The number of allylic oxidation sites excluding steroid dienone is 1. The Balaban J connectivity index is 1.56. The van der Waals surface area contributed by atoms with E-state index in [2.05, 4.69) is 60.2 Å². The van der Waals surface area contributed by atoms with Crippen LogP contribution in [0.2, 0.25) is 0 Å². The van der Waals surface area contributed by atoms with Gasteiger partial charge < -0.3 is 14.0 Å². The number of nitriles is 1. The van der Waals surface area contributed by atoms with Crippen LogP contribution >= 0.6 is 0 Å². The van der Waals surface area contributed by atoms with Gasteiger partial charge in [-0.1, -0.05) is 48.0 Å². The predicted octanol–water partition coefficient (Wildman–Crippen LogP) is 5.79. The Morgan fingerprint density at radius 2 is 1.83 bits per heavy atom. The lowest BCUT2D eigenvalue weighted by atomic mass is 10.0. The summed E-state index contributed by atoms with van der Waals surface area (Å²) in [6.07, 6.45) is 4.07. The average molecular weight is 392 g/mol. The molecule has 0 fully saturated rings. The van der Waals surface area contributed by atoms with Crippen LogP contribution in [-0.4, -0.2) is 11.4 Å². The van der Waals surface area contributed by atoms with Gasteiger partial charge in [0, 0.05) is 29.2 Å². The Morgan fingerprint density at radius 3 is 2.67 bits per heavy atom. The zero-order chi connectivity index (χ0) is 20.5. The van der Waals surface area contributed by atoms with Crippen molar-refractivity contribution in [3.05, 3.63) is 95.2 Å². The van der Waals surface area contributed by atoms with Crippen molar-refractivity contribution in [3.63, 3.8) is 0 Å². The lowest BCUT2D eigenvalue weighted by molar-refractivity contribution is 0.174. The van der Waals surface area contributed by atoms with Crippen molar-refractivity contribution in [1.82, 2.24) is 4.57 Å². The average Bonchev–Trinajstić information content (AvgIpc) is 3.38. The third-order valence-corrected chi connectivity index (χ3v) is 5.40. The standard InChI is InChI=1S/C26H20N2O2/c1-18-6-8-19(9-7-18)15-28-16-22(23-4-2-3-5-24(23)28)12-21(14-27)20-10-11-25-26(13-20)30-17-29-25/h2-13,16H,15,17H2,1H3/b21-12-. The Morgan fingerprint density at radius 1 is 1.03 bits per heavy atom. The number of benzene rings is 3. The summed E-state index contributed by atoms with van der Waals surface area (Å²) in [4.78, 5) is 0. The van der Waals surface area contributed by atoms with Crippen molar-refractivity contribution in [2.24, 2.45) is 0 Å². The van der Waals surface area contributed by atoms with Gasteiger partial charge in [0.25, 0.3) is 0 Å². The van der Waals surface area contributed by atoms with Gasteiger partial charge in [-0.2, -0.15) is 5.26 Å². The van der Waals surface area contributed by atoms with Crippen LogP contribution in [0, 0.1) is 18.3 Å². The Bertz CT molecular complexity index is 1310. The molecule has 0 saturated carbocycles. The molecule has 0 N–H and O–H groups in total. The number of rotatable bonds is 4. The second-order valence-corrected chi connectivity index (χ2v) is 7.45. The van der Waals surface area contributed by atoms with Gasteiger partial charge >= 0.3 is 0 Å². The smallest absolute Gasteiger partial charge is 0.231 e. The monoisotopic (exact) mass is 392 g/mol. The van der Waals surface area contributed by atoms with E-state index in [4.69, 9.17) is 9.47 Å². The maximum Gasteiger partial charge on any atom is 0.231 e. The van der Waals surface area contributed by atoms with E-state index in [0.717, 1.165) is 28.6 Å². The summed E-state index contributed by atoms with van der Waals surface area (Å²) in [5, 5.41) is 11.0. The second-order valence-electron chi connectivity index (χ2n) is 7.45. The molecule has 0 radical (unpaired) electrons. The van der Waals surface area contributed by atoms with Crippen LogP contribution in [0.15, 0.2) is 72.9 Å². The van der Waals surface area contributed by atoms with E-state index in [-0.39, 0.29) is 6.79 Å². The van der Waals surface area contributed by atoms with Gasteiger partial charge in [0.1, 0.15) is 0 Å². The molecular formula is C26H20N2O2. The first-order valence-electron chi connectivity index (χ1n) is 9.86. The number of fused-ring (bicyclic) bond motifs is 2. The lowest BCUT2D eigenvalue weighted by Crippen LogP contribution is -1.97. The van der Waals surface area contributed by atoms with E-state index >= 15 is 0 Å². The van der Waals surface area contributed by atoms with Gasteiger partial charge in [0.05, 0.1) is 11.6 Å². The first kappa shape index (κ1) is 18.1. The largest absolute Gasteiger partial charge is 0.454 e. The molecule has 4 heteroatoms.